The number of sulfonamides is 1. The summed E-state index contributed by atoms with van der Waals surface area (Å²) in [5.41, 5.74) is 10.8. The Balaban J connectivity index is 2.96. The van der Waals surface area contributed by atoms with Crippen molar-refractivity contribution >= 4 is 33.2 Å². The number of rotatable bonds is 5. The van der Waals surface area contributed by atoms with Crippen LogP contribution in [-0.2, 0) is 14.8 Å². The molecule has 1 aromatic rings. The van der Waals surface area contributed by atoms with Crippen LogP contribution in [0.15, 0.2) is 23.1 Å². The van der Waals surface area contributed by atoms with Crippen LogP contribution in [0.4, 0.5) is 5.69 Å². The number of nitrogens with one attached hydrogen (secondary N) is 1. The van der Waals surface area contributed by atoms with Crippen molar-refractivity contribution in [2.24, 2.45) is 5.73 Å². The van der Waals surface area contributed by atoms with E-state index in [0.29, 0.717) is 5.69 Å². The zero-order chi connectivity index (χ0) is 13.9. The van der Waals surface area contributed by atoms with Gasteiger partial charge in [-0.1, -0.05) is 11.6 Å². The number of hydrogen-bond donors (Lipinski definition) is 3. The van der Waals surface area contributed by atoms with Crippen LogP contribution in [-0.4, -0.2) is 20.4 Å². The molecule has 8 heteroatoms. The fourth-order valence-electron chi connectivity index (χ4n) is 1.41. The molecule has 1 amide bonds. The molecule has 0 fully saturated rings. The van der Waals surface area contributed by atoms with Gasteiger partial charge in [0.15, 0.2) is 0 Å². The lowest BCUT2D eigenvalue weighted by Crippen LogP contribution is -2.35. The molecule has 1 rings (SSSR count). The van der Waals surface area contributed by atoms with Gasteiger partial charge < -0.3 is 11.5 Å². The third-order valence-corrected chi connectivity index (χ3v) is 4.18. The summed E-state index contributed by atoms with van der Waals surface area (Å²) < 4.78 is 26.2. The van der Waals surface area contributed by atoms with Crippen molar-refractivity contribution in [3.63, 3.8) is 0 Å². The topological polar surface area (TPSA) is 115 Å². The maximum absolute atomic E-state index is 12.0. The average molecular weight is 292 g/mol. The first-order valence-corrected chi connectivity index (χ1v) is 6.94. The van der Waals surface area contributed by atoms with E-state index in [1.54, 1.807) is 0 Å². The number of halogens is 1. The van der Waals surface area contributed by atoms with E-state index in [2.05, 4.69) is 4.72 Å². The van der Waals surface area contributed by atoms with Crippen molar-refractivity contribution in [3.05, 3.63) is 23.2 Å². The van der Waals surface area contributed by atoms with Gasteiger partial charge in [-0.25, -0.2) is 13.1 Å². The van der Waals surface area contributed by atoms with E-state index in [1.165, 1.54) is 25.1 Å². The van der Waals surface area contributed by atoms with Crippen LogP contribution in [0.25, 0.3) is 0 Å². The van der Waals surface area contributed by atoms with Crippen LogP contribution in [0.5, 0.6) is 0 Å². The van der Waals surface area contributed by atoms with Crippen molar-refractivity contribution in [1.82, 2.24) is 4.72 Å². The molecular formula is C10H14ClN3O3S. The van der Waals surface area contributed by atoms with Crippen LogP contribution in [0.1, 0.15) is 13.3 Å². The highest BCUT2D eigenvalue weighted by Gasteiger charge is 2.21. The quantitative estimate of drug-likeness (QED) is 0.684. The minimum absolute atomic E-state index is 0.0220. The molecule has 0 radical (unpaired) electrons. The van der Waals surface area contributed by atoms with Gasteiger partial charge >= 0.3 is 0 Å². The third-order valence-electron chi connectivity index (χ3n) is 2.11. The molecule has 1 unspecified atom stereocenters. The lowest BCUT2D eigenvalue weighted by molar-refractivity contribution is -0.118. The van der Waals surface area contributed by atoms with E-state index >= 15 is 0 Å². The smallest absolute Gasteiger partial charge is 0.242 e. The molecule has 5 N–H and O–H groups in total. The Morgan fingerprint density at radius 3 is 2.61 bits per heavy atom. The molecule has 0 aliphatic carbocycles. The number of anilines is 1. The predicted molar refractivity (Wildman–Crippen MR) is 69.5 cm³/mol. The molecular weight excluding hydrogens is 278 g/mol. The number of carbonyl (C=O) groups is 1. The molecule has 0 heterocycles. The fraction of sp³-hybridized carbons (Fsp3) is 0.300. The first kappa shape index (κ1) is 14.7. The Hall–Kier alpha value is -1.31. The predicted octanol–water partition coefficient (Wildman–Crippen LogP) is 0.464. The van der Waals surface area contributed by atoms with Crippen molar-refractivity contribution in [2.75, 3.05) is 5.73 Å². The van der Waals surface area contributed by atoms with Crippen molar-refractivity contribution in [1.29, 1.82) is 0 Å². The van der Waals surface area contributed by atoms with Crippen LogP contribution in [0.2, 0.25) is 5.02 Å². The Bertz CT molecular complexity index is 559. The van der Waals surface area contributed by atoms with Crippen molar-refractivity contribution in [3.8, 4) is 0 Å². The maximum Gasteiger partial charge on any atom is 0.242 e. The van der Waals surface area contributed by atoms with E-state index in [4.69, 9.17) is 23.1 Å². The summed E-state index contributed by atoms with van der Waals surface area (Å²) in [6, 6.07) is 3.46. The molecule has 0 bridgehead atoms. The lowest BCUT2D eigenvalue weighted by atomic mass is 10.2. The average Bonchev–Trinajstić information content (AvgIpc) is 2.13. The number of nitrogen functional groups attached to an aromatic ring is 1. The summed E-state index contributed by atoms with van der Waals surface area (Å²) in [7, 11) is -3.80. The summed E-state index contributed by atoms with van der Waals surface area (Å²) in [5.74, 6) is -0.589. The Kier molecular flexibility index (Phi) is 4.55. The van der Waals surface area contributed by atoms with Gasteiger partial charge in [0.2, 0.25) is 15.9 Å². The third kappa shape index (κ3) is 3.86. The Morgan fingerprint density at radius 1 is 1.50 bits per heavy atom. The minimum Gasteiger partial charge on any atom is -0.399 e. The van der Waals surface area contributed by atoms with Gasteiger partial charge in [0, 0.05) is 18.2 Å². The number of nitrogens with two attached hydrogens (primary N) is 2. The summed E-state index contributed by atoms with van der Waals surface area (Å²) in [6.07, 6.45) is -0.0914. The summed E-state index contributed by atoms with van der Waals surface area (Å²) in [4.78, 5) is 10.6. The highest BCUT2D eigenvalue weighted by atomic mass is 35.5. The molecule has 6 nitrogen and oxygen atoms in total. The molecule has 0 aromatic heterocycles. The molecule has 0 saturated heterocycles. The monoisotopic (exact) mass is 291 g/mol. The van der Waals surface area contributed by atoms with Crippen LogP contribution in [0, 0.1) is 0 Å². The van der Waals surface area contributed by atoms with Gasteiger partial charge in [0.1, 0.15) is 4.90 Å². The summed E-state index contributed by atoms with van der Waals surface area (Å²) >= 11 is 5.81. The first-order chi connectivity index (χ1) is 8.22. The molecule has 1 atom stereocenters. The number of primary amides is 1. The lowest BCUT2D eigenvalue weighted by Gasteiger charge is -2.13. The zero-order valence-corrected chi connectivity index (χ0v) is 11.3. The van der Waals surface area contributed by atoms with Crippen molar-refractivity contribution in [2.45, 2.75) is 24.3 Å². The number of amides is 1. The normalized spacial score (nSPS) is 13.2. The van der Waals surface area contributed by atoms with Gasteiger partial charge in [-0.05, 0) is 25.1 Å². The van der Waals surface area contributed by atoms with Crippen LogP contribution in [0.3, 0.4) is 0 Å². The summed E-state index contributed by atoms with van der Waals surface area (Å²) in [6.45, 7) is 1.54. The molecule has 0 aliphatic heterocycles. The fourth-order valence-corrected chi connectivity index (χ4v) is 3.20. The first-order valence-electron chi connectivity index (χ1n) is 5.08. The second-order valence-corrected chi connectivity index (χ2v) is 5.97. The number of benzene rings is 1. The summed E-state index contributed by atoms with van der Waals surface area (Å²) in [5, 5.41) is 0.0220. The minimum atomic E-state index is -3.80. The number of carbonyl (C=O) groups excluding carboxylic acids is 1. The van der Waals surface area contributed by atoms with Gasteiger partial charge in [-0.3, -0.25) is 4.79 Å². The maximum atomic E-state index is 12.0. The van der Waals surface area contributed by atoms with E-state index in [0.717, 1.165) is 0 Å². The second kappa shape index (κ2) is 5.55. The number of hydrogen-bond acceptors (Lipinski definition) is 4. The molecule has 0 aliphatic rings. The van der Waals surface area contributed by atoms with Crippen LogP contribution >= 0.6 is 11.6 Å². The second-order valence-electron chi connectivity index (χ2n) is 3.88. The van der Waals surface area contributed by atoms with Gasteiger partial charge in [0.05, 0.1) is 5.02 Å². The van der Waals surface area contributed by atoms with E-state index in [-0.39, 0.29) is 16.3 Å². The Morgan fingerprint density at radius 2 is 2.11 bits per heavy atom. The van der Waals surface area contributed by atoms with Gasteiger partial charge in [-0.2, -0.15) is 0 Å². The molecule has 0 saturated carbocycles. The molecule has 0 spiro atoms. The van der Waals surface area contributed by atoms with E-state index in [9.17, 15) is 13.2 Å². The SMILES string of the molecule is CC(CC(N)=O)NS(=O)(=O)c1ccc(N)cc1Cl. The molecule has 1 aromatic carbocycles. The van der Waals surface area contributed by atoms with E-state index < -0.39 is 22.0 Å². The largest absolute Gasteiger partial charge is 0.399 e. The molecule has 18 heavy (non-hydrogen) atoms. The van der Waals surface area contributed by atoms with Crippen molar-refractivity contribution < 1.29 is 13.2 Å². The zero-order valence-electron chi connectivity index (χ0n) is 9.68. The Labute approximate surface area is 110 Å². The van der Waals surface area contributed by atoms with E-state index in [1.807, 2.05) is 0 Å². The van der Waals surface area contributed by atoms with Crippen LogP contribution < -0.4 is 16.2 Å². The van der Waals surface area contributed by atoms with Gasteiger partial charge in [-0.15, -0.1) is 0 Å². The molecule has 100 valence electrons. The highest BCUT2D eigenvalue weighted by Crippen LogP contribution is 2.23. The van der Waals surface area contributed by atoms with Gasteiger partial charge in [0.25, 0.3) is 0 Å². The highest BCUT2D eigenvalue weighted by molar-refractivity contribution is 7.89. The standard InChI is InChI=1S/C10H14ClN3O3S/c1-6(4-10(13)15)14-18(16,17)9-3-2-7(12)5-8(9)11/h2-3,5-6,14H,4,12H2,1H3,(H2,13,15).